The number of nitrogens with two attached hydrogens (primary N) is 1. The summed E-state index contributed by atoms with van der Waals surface area (Å²) in [6, 6.07) is 4.74. The lowest BCUT2D eigenvalue weighted by Gasteiger charge is -2.27. The van der Waals surface area contributed by atoms with Crippen LogP contribution in [0.25, 0.3) is 0 Å². The monoisotopic (exact) mass is 278 g/mol. The van der Waals surface area contributed by atoms with E-state index in [0.29, 0.717) is 17.0 Å². The van der Waals surface area contributed by atoms with E-state index in [1.807, 2.05) is 0 Å². The van der Waals surface area contributed by atoms with Gasteiger partial charge in [-0.25, -0.2) is 0 Å². The summed E-state index contributed by atoms with van der Waals surface area (Å²) in [5.74, 6) is 0.442. The zero-order valence-corrected chi connectivity index (χ0v) is 10.6. The molecule has 4 nitrogen and oxygen atoms in total. The molecule has 0 aliphatic carbocycles. The minimum absolute atomic E-state index is 0.110. The lowest BCUT2D eigenvalue weighted by Crippen LogP contribution is -2.37. The summed E-state index contributed by atoms with van der Waals surface area (Å²) < 4.78 is 42.6. The largest absolute Gasteiger partial charge is 0.497 e. The first-order valence-electron chi connectivity index (χ1n) is 5.70. The van der Waals surface area contributed by atoms with Crippen molar-refractivity contribution in [3.8, 4) is 5.75 Å². The fourth-order valence-electron chi connectivity index (χ4n) is 1.76. The molecular weight excluding hydrogens is 261 g/mol. The Morgan fingerprint density at radius 1 is 1.37 bits per heavy atom. The van der Waals surface area contributed by atoms with Crippen molar-refractivity contribution in [2.45, 2.75) is 12.7 Å². The van der Waals surface area contributed by atoms with Crippen LogP contribution in [0, 0.1) is 0 Å². The Hall–Kier alpha value is -1.47. The van der Waals surface area contributed by atoms with Crippen molar-refractivity contribution in [3.05, 3.63) is 23.8 Å². The first-order valence-corrected chi connectivity index (χ1v) is 5.70. The molecule has 0 atom stereocenters. The van der Waals surface area contributed by atoms with Crippen LogP contribution in [0.3, 0.4) is 0 Å². The molecule has 0 aromatic heterocycles. The van der Waals surface area contributed by atoms with Gasteiger partial charge in [0.15, 0.2) is 0 Å². The molecule has 0 unspecified atom stereocenters. The third-order valence-corrected chi connectivity index (χ3v) is 2.59. The number of anilines is 1. The third-order valence-electron chi connectivity index (χ3n) is 2.59. The van der Waals surface area contributed by atoms with Crippen LogP contribution < -0.4 is 15.4 Å². The standard InChI is InChI=1S/C12H17F3N2O2/c1-19-10-3-2-9(7-16)11(6-10)17(4-5-18)8-12(13,14)15/h2-3,6,18H,4-5,7-8,16H2,1H3. The second-order valence-electron chi connectivity index (χ2n) is 3.96. The molecule has 0 amide bonds. The molecule has 7 heteroatoms. The molecule has 0 heterocycles. The molecule has 0 fully saturated rings. The minimum atomic E-state index is -4.36. The predicted octanol–water partition coefficient (Wildman–Crippen LogP) is 1.51. The Bertz CT molecular complexity index is 410. The molecule has 0 bridgehead atoms. The van der Waals surface area contributed by atoms with Crippen molar-refractivity contribution in [1.82, 2.24) is 0 Å². The number of aliphatic hydroxyl groups excluding tert-OH is 1. The molecule has 0 aliphatic heterocycles. The van der Waals surface area contributed by atoms with Gasteiger partial charge < -0.3 is 20.5 Å². The molecule has 0 spiro atoms. The molecule has 19 heavy (non-hydrogen) atoms. The van der Waals surface area contributed by atoms with Crippen molar-refractivity contribution in [2.75, 3.05) is 31.7 Å². The van der Waals surface area contributed by atoms with E-state index in [1.54, 1.807) is 12.1 Å². The summed E-state index contributed by atoms with van der Waals surface area (Å²) in [7, 11) is 1.43. The molecule has 1 aromatic carbocycles. The summed E-state index contributed by atoms with van der Waals surface area (Å²) in [6.07, 6.45) is -4.36. The van der Waals surface area contributed by atoms with Gasteiger partial charge in [-0.2, -0.15) is 13.2 Å². The molecule has 0 saturated heterocycles. The van der Waals surface area contributed by atoms with Crippen molar-refractivity contribution in [1.29, 1.82) is 0 Å². The highest BCUT2D eigenvalue weighted by Crippen LogP contribution is 2.28. The van der Waals surface area contributed by atoms with Crippen LogP contribution in [0.5, 0.6) is 5.75 Å². The number of aliphatic hydroxyl groups is 1. The van der Waals surface area contributed by atoms with E-state index in [9.17, 15) is 13.2 Å². The van der Waals surface area contributed by atoms with Crippen LogP contribution in [0.15, 0.2) is 18.2 Å². The summed E-state index contributed by atoms with van der Waals surface area (Å²) >= 11 is 0. The number of hydrogen-bond acceptors (Lipinski definition) is 4. The number of halogens is 3. The number of ether oxygens (including phenoxy) is 1. The molecule has 108 valence electrons. The van der Waals surface area contributed by atoms with Gasteiger partial charge in [-0.05, 0) is 11.6 Å². The maximum atomic E-state index is 12.5. The SMILES string of the molecule is COc1ccc(CN)c(N(CCO)CC(F)(F)F)c1. The van der Waals surface area contributed by atoms with E-state index in [1.165, 1.54) is 13.2 Å². The minimum Gasteiger partial charge on any atom is -0.497 e. The van der Waals surface area contributed by atoms with E-state index in [-0.39, 0.29) is 19.7 Å². The number of methoxy groups -OCH3 is 1. The van der Waals surface area contributed by atoms with Gasteiger partial charge in [-0.3, -0.25) is 0 Å². The fraction of sp³-hybridized carbons (Fsp3) is 0.500. The average molecular weight is 278 g/mol. The quantitative estimate of drug-likeness (QED) is 0.828. The van der Waals surface area contributed by atoms with Crippen molar-refractivity contribution in [2.24, 2.45) is 5.73 Å². The van der Waals surface area contributed by atoms with Gasteiger partial charge in [-0.1, -0.05) is 6.07 Å². The number of alkyl halides is 3. The van der Waals surface area contributed by atoms with Crippen molar-refractivity contribution < 1.29 is 23.0 Å². The van der Waals surface area contributed by atoms with Gasteiger partial charge in [0.25, 0.3) is 0 Å². The second-order valence-corrected chi connectivity index (χ2v) is 3.96. The fourth-order valence-corrected chi connectivity index (χ4v) is 1.76. The van der Waals surface area contributed by atoms with Crippen LogP contribution in [-0.2, 0) is 6.54 Å². The van der Waals surface area contributed by atoms with Gasteiger partial charge in [0.05, 0.1) is 13.7 Å². The maximum Gasteiger partial charge on any atom is 0.405 e. The van der Waals surface area contributed by atoms with Crippen LogP contribution >= 0.6 is 0 Å². The highest BCUT2D eigenvalue weighted by Gasteiger charge is 2.31. The lowest BCUT2D eigenvalue weighted by molar-refractivity contribution is -0.119. The molecule has 1 aromatic rings. The first kappa shape index (κ1) is 15.6. The van der Waals surface area contributed by atoms with Gasteiger partial charge in [0, 0.05) is 24.8 Å². The Morgan fingerprint density at radius 3 is 2.53 bits per heavy atom. The predicted molar refractivity (Wildman–Crippen MR) is 66.2 cm³/mol. The molecule has 0 aliphatic rings. The number of benzene rings is 1. The van der Waals surface area contributed by atoms with Gasteiger partial charge in [0.1, 0.15) is 12.3 Å². The number of rotatable bonds is 6. The Balaban J connectivity index is 3.12. The van der Waals surface area contributed by atoms with Crippen LogP contribution in [-0.4, -0.2) is 38.1 Å². The summed E-state index contributed by atoms with van der Waals surface area (Å²) in [5.41, 5.74) is 6.42. The van der Waals surface area contributed by atoms with Gasteiger partial charge in [0.2, 0.25) is 0 Å². The topological polar surface area (TPSA) is 58.7 Å². The summed E-state index contributed by atoms with van der Waals surface area (Å²) in [4.78, 5) is 1.05. The van der Waals surface area contributed by atoms with Crippen molar-refractivity contribution >= 4 is 5.69 Å². The normalized spacial score (nSPS) is 11.5. The molecule has 0 radical (unpaired) electrons. The zero-order valence-electron chi connectivity index (χ0n) is 10.6. The van der Waals surface area contributed by atoms with E-state index < -0.39 is 12.7 Å². The van der Waals surface area contributed by atoms with Gasteiger partial charge >= 0.3 is 6.18 Å². The number of nitrogens with zero attached hydrogens (tertiary/aromatic N) is 1. The Labute approximate surface area is 109 Å². The van der Waals surface area contributed by atoms with Crippen LogP contribution in [0.2, 0.25) is 0 Å². The number of hydrogen-bond donors (Lipinski definition) is 2. The Kier molecular flexibility index (Phi) is 5.44. The molecular formula is C12H17F3N2O2. The summed E-state index contributed by atoms with van der Waals surface area (Å²) in [5, 5.41) is 8.91. The van der Waals surface area contributed by atoms with Crippen LogP contribution in [0.4, 0.5) is 18.9 Å². The zero-order chi connectivity index (χ0) is 14.5. The molecule has 1 rings (SSSR count). The van der Waals surface area contributed by atoms with Crippen LogP contribution in [0.1, 0.15) is 5.56 Å². The first-order chi connectivity index (χ1) is 8.91. The highest BCUT2D eigenvalue weighted by atomic mass is 19.4. The highest BCUT2D eigenvalue weighted by molar-refractivity contribution is 5.57. The maximum absolute atomic E-state index is 12.5. The smallest absolute Gasteiger partial charge is 0.405 e. The Morgan fingerprint density at radius 2 is 2.05 bits per heavy atom. The third kappa shape index (κ3) is 4.60. The average Bonchev–Trinajstić information content (AvgIpc) is 2.36. The van der Waals surface area contributed by atoms with E-state index >= 15 is 0 Å². The molecule has 3 N–H and O–H groups in total. The van der Waals surface area contributed by atoms with E-state index in [4.69, 9.17) is 15.6 Å². The molecule has 0 saturated carbocycles. The summed E-state index contributed by atoms with van der Waals surface area (Å²) in [6.45, 7) is -1.54. The van der Waals surface area contributed by atoms with Gasteiger partial charge in [-0.15, -0.1) is 0 Å². The second kappa shape index (κ2) is 6.63. The van der Waals surface area contributed by atoms with E-state index in [2.05, 4.69) is 0 Å². The van der Waals surface area contributed by atoms with E-state index in [0.717, 1.165) is 4.90 Å². The van der Waals surface area contributed by atoms with Crippen molar-refractivity contribution in [3.63, 3.8) is 0 Å². The lowest BCUT2D eigenvalue weighted by atomic mass is 10.1.